The summed E-state index contributed by atoms with van der Waals surface area (Å²) >= 11 is 4.58. The number of aliphatic imine (C=N–C) groups is 1. The third-order valence-electron chi connectivity index (χ3n) is 2.56. The van der Waals surface area contributed by atoms with Crippen molar-refractivity contribution < 1.29 is 9.90 Å². The molecule has 1 aliphatic carbocycles. The molecule has 0 atom stereocenters. The zero-order valence-electron chi connectivity index (χ0n) is 8.83. The fourth-order valence-corrected chi connectivity index (χ4v) is 1.96. The third-order valence-corrected chi connectivity index (χ3v) is 2.65. The van der Waals surface area contributed by atoms with Crippen LogP contribution >= 0.6 is 12.2 Å². The molecule has 0 aliphatic heterocycles. The molecule has 0 radical (unpaired) electrons. The number of hydrogen-bond acceptors (Lipinski definition) is 3. The predicted octanol–water partition coefficient (Wildman–Crippen LogP) is 3.33. The zero-order valence-corrected chi connectivity index (χ0v) is 9.65. The molecule has 3 nitrogen and oxygen atoms in total. The Balaban J connectivity index is 2.65. The average molecular weight is 243 g/mol. The van der Waals surface area contributed by atoms with E-state index in [2.05, 4.69) is 22.4 Å². The highest BCUT2D eigenvalue weighted by molar-refractivity contribution is 7.78. The number of thiocarbonyl (C=S) groups is 1. The van der Waals surface area contributed by atoms with Crippen LogP contribution in [0.4, 0.5) is 5.69 Å². The molecule has 0 saturated carbocycles. The number of carboxylic acid groups (broad SMARTS) is 1. The van der Waals surface area contributed by atoms with E-state index in [0.29, 0.717) is 11.3 Å². The summed E-state index contributed by atoms with van der Waals surface area (Å²) in [5.41, 5.74) is 1.46. The second kappa shape index (κ2) is 4.87. The summed E-state index contributed by atoms with van der Waals surface area (Å²) in [4.78, 5) is 15.1. The van der Waals surface area contributed by atoms with Crippen LogP contribution in [-0.4, -0.2) is 16.2 Å². The van der Waals surface area contributed by atoms with Crippen molar-refractivity contribution in [1.29, 1.82) is 0 Å². The first-order valence-corrected chi connectivity index (χ1v) is 5.44. The molecule has 0 saturated heterocycles. The lowest BCUT2D eigenvalue weighted by Crippen LogP contribution is -2.04. The Bertz CT molecular complexity index is 537. The van der Waals surface area contributed by atoms with E-state index < -0.39 is 5.97 Å². The highest BCUT2D eigenvalue weighted by Gasteiger charge is 2.19. The Morgan fingerprint density at radius 2 is 2.06 bits per heavy atom. The third kappa shape index (κ3) is 2.23. The zero-order chi connectivity index (χ0) is 12.3. The summed E-state index contributed by atoms with van der Waals surface area (Å²) in [5.74, 6) is -1.03. The summed E-state index contributed by atoms with van der Waals surface area (Å²) in [7, 11) is 0. The van der Waals surface area contributed by atoms with E-state index in [0.717, 1.165) is 0 Å². The number of nitrogens with zero attached hydrogens (tertiary/aromatic N) is 1. The minimum atomic E-state index is -0.963. The average Bonchev–Trinajstić information content (AvgIpc) is 2.82. The minimum absolute atomic E-state index is 0.0654. The van der Waals surface area contributed by atoms with E-state index in [1.165, 1.54) is 0 Å². The van der Waals surface area contributed by atoms with Gasteiger partial charge in [0.2, 0.25) is 0 Å². The van der Waals surface area contributed by atoms with Crippen LogP contribution in [-0.2, 0) is 0 Å². The highest BCUT2D eigenvalue weighted by atomic mass is 32.1. The summed E-state index contributed by atoms with van der Waals surface area (Å²) < 4.78 is 0. The van der Waals surface area contributed by atoms with Crippen molar-refractivity contribution in [3.05, 3.63) is 53.6 Å². The predicted molar refractivity (Wildman–Crippen MR) is 69.1 cm³/mol. The molecule has 1 aromatic rings. The van der Waals surface area contributed by atoms with E-state index in [-0.39, 0.29) is 11.5 Å². The highest BCUT2D eigenvalue weighted by Crippen LogP contribution is 2.34. The number of benzene rings is 1. The van der Waals surface area contributed by atoms with Crippen LogP contribution in [0.2, 0.25) is 0 Å². The van der Waals surface area contributed by atoms with E-state index in [1.807, 2.05) is 24.3 Å². The van der Waals surface area contributed by atoms with Gasteiger partial charge in [-0.2, -0.15) is 4.99 Å². The van der Waals surface area contributed by atoms with Gasteiger partial charge < -0.3 is 5.11 Å². The number of hydrogen-bond donors (Lipinski definition) is 1. The molecule has 0 unspecified atom stereocenters. The van der Waals surface area contributed by atoms with Gasteiger partial charge in [-0.05, 0) is 24.4 Å². The molecule has 1 N–H and O–H groups in total. The topological polar surface area (TPSA) is 49.7 Å². The molecule has 84 valence electrons. The van der Waals surface area contributed by atoms with Crippen molar-refractivity contribution in [2.24, 2.45) is 4.99 Å². The Morgan fingerprint density at radius 1 is 1.35 bits per heavy atom. The Morgan fingerprint density at radius 3 is 2.65 bits per heavy atom. The lowest BCUT2D eigenvalue weighted by molar-refractivity contribution is 0.0695. The molecule has 17 heavy (non-hydrogen) atoms. The largest absolute Gasteiger partial charge is 0.478 e. The maximum Gasteiger partial charge on any atom is 0.336 e. The summed E-state index contributed by atoms with van der Waals surface area (Å²) in [6.07, 6.45) is 7.61. The van der Waals surface area contributed by atoms with Crippen LogP contribution in [0.15, 0.2) is 47.5 Å². The summed E-state index contributed by atoms with van der Waals surface area (Å²) in [6, 6.07) is 4.96. The lowest BCUT2D eigenvalue weighted by atomic mass is 9.93. The quantitative estimate of drug-likeness (QED) is 0.654. The molecule has 1 aromatic carbocycles. The van der Waals surface area contributed by atoms with E-state index in [4.69, 9.17) is 0 Å². The SMILES string of the molecule is O=C(O)c1cccc(N=C=S)c1C1C=CC=C1. The van der Waals surface area contributed by atoms with Crippen molar-refractivity contribution in [2.45, 2.75) is 5.92 Å². The van der Waals surface area contributed by atoms with Gasteiger partial charge in [-0.25, -0.2) is 4.79 Å². The van der Waals surface area contributed by atoms with Crippen molar-refractivity contribution >= 4 is 29.0 Å². The van der Waals surface area contributed by atoms with Crippen LogP contribution in [0.5, 0.6) is 0 Å². The van der Waals surface area contributed by atoms with Crippen LogP contribution in [0.25, 0.3) is 0 Å². The van der Waals surface area contributed by atoms with Gasteiger partial charge in [-0.15, -0.1) is 0 Å². The molecule has 1 aliphatic rings. The number of carboxylic acids is 1. The molecule has 0 aromatic heterocycles. The fraction of sp³-hybridized carbons (Fsp3) is 0.0769. The molecule has 2 rings (SSSR count). The summed E-state index contributed by atoms with van der Waals surface area (Å²) in [6.45, 7) is 0. The van der Waals surface area contributed by atoms with Crippen LogP contribution in [0, 0.1) is 0 Å². The standard InChI is InChI=1S/C13H9NO2S/c15-13(16)10-6-3-7-11(14-8-17)12(10)9-4-1-2-5-9/h1-7,9H,(H,15,16). The van der Waals surface area contributed by atoms with E-state index in [9.17, 15) is 9.90 Å². The van der Waals surface area contributed by atoms with Crippen LogP contribution < -0.4 is 0 Å². The molecular weight excluding hydrogens is 234 g/mol. The first-order valence-electron chi connectivity index (χ1n) is 5.03. The minimum Gasteiger partial charge on any atom is -0.478 e. The Kier molecular flexibility index (Phi) is 3.28. The van der Waals surface area contributed by atoms with Gasteiger partial charge in [0.1, 0.15) is 0 Å². The van der Waals surface area contributed by atoms with E-state index in [1.54, 1.807) is 18.2 Å². The maximum absolute atomic E-state index is 11.2. The fourth-order valence-electron chi connectivity index (χ4n) is 1.86. The van der Waals surface area contributed by atoms with Gasteiger partial charge in [0.15, 0.2) is 0 Å². The number of aromatic carboxylic acids is 1. The molecule has 0 amide bonds. The van der Waals surface area contributed by atoms with Gasteiger partial charge in [0, 0.05) is 11.5 Å². The van der Waals surface area contributed by atoms with Crippen molar-refractivity contribution in [2.75, 3.05) is 0 Å². The first kappa shape index (κ1) is 11.5. The van der Waals surface area contributed by atoms with Crippen LogP contribution in [0.1, 0.15) is 21.8 Å². The first-order chi connectivity index (χ1) is 8.24. The number of isothiocyanates is 1. The number of allylic oxidation sites excluding steroid dienone is 4. The van der Waals surface area contributed by atoms with Gasteiger partial charge in [-0.1, -0.05) is 30.4 Å². The van der Waals surface area contributed by atoms with Crippen LogP contribution in [0.3, 0.4) is 0 Å². The van der Waals surface area contributed by atoms with E-state index >= 15 is 0 Å². The second-order valence-electron chi connectivity index (χ2n) is 3.54. The number of carbonyl (C=O) groups is 1. The molecule has 4 heteroatoms. The summed E-state index contributed by atoms with van der Waals surface area (Å²) in [5, 5.41) is 11.5. The molecule has 0 heterocycles. The Hall–Kier alpha value is -2.03. The van der Waals surface area contributed by atoms with Gasteiger partial charge in [-0.3, -0.25) is 0 Å². The van der Waals surface area contributed by atoms with Gasteiger partial charge in [0.25, 0.3) is 0 Å². The number of rotatable bonds is 3. The molecule has 0 spiro atoms. The lowest BCUT2D eigenvalue weighted by Gasteiger charge is -2.12. The van der Waals surface area contributed by atoms with Crippen molar-refractivity contribution in [3.63, 3.8) is 0 Å². The molecule has 0 fully saturated rings. The molecular formula is C13H9NO2S. The smallest absolute Gasteiger partial charge is 0.336 e. The molecule has 0 bridgehead atoms. The maximum atomic E-state index is 11.2. The van der Waals surface area contributed by atoms with Crippen molar-refractivity contribution in [1.82, 2.24) is 0 Å². The Labute approximate surface area is 104 Å². The normalized spacial score (nSPS) is 13.6. The van der Waals surface area contributed by atoms with Gasteiger partial charge >= 0.3 is 5.97 Å². The van der Waals surface area contributed by atoms with Gasteiger partial charge in [0.05, 0.1) is 16.4 Å². The monoisotopic (exact) mass is 243 g/mol. The second-order valence-corrected chi connectivity index (χ2v) is 3.72. The van der Waals surface area contributed by atoms with Crippen molar-refractivity contribution in [3.8, 4) is 0 Å².